The van der Waals surface area contributed by atoms with Crippen LogP contribution < -0.4 is 15.6 Å². The van der Waals surface area contributed by atoms with E-state index < -0.39 is 21.8 Å². The second-order valence-corrected chi connectivity index (χ2v) is 8.10. The van der Waals surface area contributed by atoms with Gasteiger partial charge in [0.05, 0.1) is 10.5 Å². The van der Waals surface area contributed by atoms with E-state index in [1.54, 1.807) is 0 Å². The van der Waals surface area contributed by atoms with Gasteiger partial charge in [0.15, 0.2) is 5.78 Å². The minimum Gasteiger partial charge on any atom is -0.507 e. The lowest BCUT2D eigenvalue weighted by atomic mass is 10.2. The number of hydrogen-bond acceptors (Lipinski definition) is 6. The number of sulfonamides is 1. The molecule has 11 heteroatoms. The molecule has 0 aliphatic rings. The number of Topliss-reactive ketones (excluding diaryl/α,β-unsaturated/α-hetero) is 1. The van der Waals surface area contributed by atoms with Crippen LogP contribution in [-0.2, 0) is 14.8 Å². The molecule has 0 saturated carbocycles. The van der Waals surface area contributed by atoms with Crippen LogP contribution in [0.15, 0.2) is 47.4 Å². The highest BCUT2D eigenvalue weighted by atomic mass is 35.5. The Morgan fingerprint density at radius 3 is 2.31 bits per heavy atom. The summed E-state index contributed by atoms with van der Waals surface area (Å²) in [6.07, 6.45) is -0.257. The molecule has 2 amide bonds. The first kappa shape index (κ1) is 22.3. The zero-order valence-corrected chi connectivity index (χ0v) is 16.8. The number of benzene rings is 2. The highest BCUT2D eigenvalue weighted by Crippen LogP contribution is 2.21. The predicted octanol–water partition coefficient (Wildman–Crippen LogP) is 1.38. The molecule has 0 aliphatic heterocycles. The van der Waals surface area contributed by atoms with Crippen molar-refractivity contribution < 1.29 is 27.9 Å². The number of hydrogen-bond donors (Lipinski definition) is 4. The van der Waals surface area contributed by atoms with Gasteiger partial charge < -0.3 is 5.11 Å². The predicted molar refractivity (Wildman–Crippen MR) is 105 cm³/mol. The molecule has 0 spiro atoms. The van der Waals surface area contributed by atoms with Crippen LogP contribution in [0.2, 0.25) is 5.02 Å². The Kier molecular flexibility index (Phi) is 7.32. The lowest BCUT2D eigenvalue weighted by Gasteiger charge is -2.10. The third-order valence-electron chi connectivity index (χ3n) is 3.73. The van der Waals surface area contributed by atoms with E-state index in [4.69, 9.17) is 11.6 Å². The Labute approximate surface area is 172 Å². The number of rotatable bonds is 7. The molecule has 0 atom stereocenters. The van der Waals surface area contributed by atoms with Gasteiger partial charge in [0.1, 0.15) is 5.75 Å². The summed E-state index contributed by atoms with van der Waals surface area (Å²) in [6.45, 7) is 1.15. The van der Waals surface area contributed by atoms with E-state index >= 15 is 0 Å². The second-order valence-electron chi connectivity index (χ2n) is 5.89. The molecule has 29 heavy (non-hydrogen) atoms. The highest BCUT2D eigenvalue weighted by molar-refractivity contribution is 7.89. The van der Waals surface area contributed by atoms with Gasteiger partial charge in [-0.15, -0.1) is 0 Å². The smallest absolute Gasteiger partial charge is 0.273 e. The van der Waals surface area contributed by atoms with Gasteiger partial charge in [0.25, 0.3) is 5.91 Å². The normalized spacial score (nSPS) is 11.0. The van der Waals surface area contributed by atoms with Gasteiger partial charge >= 0.3 is 0 Å². The van der Waals surface area contributed by atoms with E-state index in [9.17, 15) is 27.9 Å². The van der Waals surface area contributed by atoms with Gasteiger partial charge in [-0.25, -0.2) is 13.1 Å². The molecule has 2 rings (SSSR count). The van der Waals surface area contributed by atoms with Crippen molar-refractivity contribution >= 4 is 39.2 Å². The van der Waals surface area contributed by atoms with Crippen molar-refractivity contribution in [3.8, 4) is 5.75 Å². The number of aromatic hydroxyl groups is 1. The van der Waals surface area contributed by atoms with Crippen LogP contribution in [0, 0.1) is 0 Å². The van der Waals surface area contributed by atoms with E-state index in [1.807, 2.05) is 0 Å². The Morgan fingerprint density at radius 2 is 1.69 bits per heavy atom. The summed E-state index contributed by atoms with van der Waals surface area (Å²) in [7, 11) is -3.86. The molecule has 0 fully saturated rings. The second kappa shape index (κ2) is 9.50. The Balaban J connectivity index is 1.83. The zero-order valence-electron chi connectivity index (χ0n) is 15.2. The summed E-state index contributed by atoms with van der Waals surface area (Å²) >= 11 is 5.75. The molecule has 2 aromatic rings. The molecule has 0 unspecified atom stereocenters. The topological polar surface area (TPSA) is 142 Å². The minimum atomic E-state index is -3.86. The maximum atomic E-state index is 12.2. The van der Waals surface area contributed by atoms with Crippen molar-refractivity contribution in [3.05, 3.63) is 58.6 Å². The fraction of sp³-hybridized carbons (Fsp3) is 0.167. The fourth-order valence-corrected chi connectivity index (χ4v) is 3.40. The van der Waals surface area contributed by atoms with Gasteiger partial charge in [-0.2, -0.15) is 0 Å². The third kappa shape index (κ3) is 6.28. The molecule has 0 heterocycles. The van der Waals surface area contributed by atoms with Crippen molar-refractivity contribution in [2.75, 3.05) is 6.54 Å². The Morgan fingerprint density at radius 1 is 1.03 bits per heavy atom. The first-order valence-electron chi connectivity index (χ1n) is 8.28. The van der Waals surface area contributed by atoms with Crippen molar-refractivity contribution in [2.45, 2.75) is 18.2 Å². The van der Waals surface area contributed by atoms with Crippen molar-refractivity contribution in [1.82, 2.24) is 15.6 Å². The van der Waals surface area contributed by atoms with E-state index in [-0.39, 0.29) is 40.0 Å². The maximum Gasteiger partial charge on any atom is 0.273 e. The average Bonchev–Trinajstić information content (AvgIpc) is 2.68. The standard InChI is InChI=1S/C18H18ClN3O6S/c1-11(23)12-2-5-14(6-3-12)29(27,28)20-9-8-17(25)21-22-18(26)15-10-13(19)4-7-16(15)24/h2-7,10,20,24H,8-9H2,1H3,(H,21,25)(H,22,26). The summed E-state index contributed by atoms with van der Waals surface area (Å²) in [4.78, 5) is 34.9. The summed E-state index contributed by atoms with van der Waals surface area (Å²) in [5.41, 5.74) is 4.45. The molecule has 0 bridgehead atoms. The summed E-state index contributed by atoms with van der Waals surface area (Å²) in [6, 6.07) is 9.22. The van der Waals surface area contributed by atoms with E-state index in [1.165, 1.54) is 49.4 Å². The van der Waals surface area contributed by atoms with Gasteiger partial charge in [0, 0.05) is 23.6 Å². The van der Waals surface area contributed by atoms with E-state index in [0.717, 1.165) is 0 Å². The Hall–Kier alpha value is -2.95. The van der Waals surface area contributed by atoms with E-state index in [0.29, 0.717) is 5.56 Å². The molecular weight excluding hydrogens is 422 g/mol. The third-order valence-corrected chi connectivity index (χ3v) is 5.45. The molecule has 154 valence electrons. The first-order chi connectivity index (χ1) is 13.6. The van der Waals surface area contributed by atoms with Crippen LogP contribution in [0.3, 0.4) is 0 Å². The van der Waals surface area contributed by atoms with Crippen LogP contribution in [0.1, 0.15) is 34.1 Å². The zero-order chi connectivity index (χ0) is 21.6. The lowest BCUT2D eigenvalue weighted by molar-refractivity contribution is -0.121. The van der Waals surface area contributed by atoms with Crippen LogP contribution in [0.25, 0.3) is 0 Å². The molecule has 0 aromatic heterocycles. The number of hydrazine groups is 1. The lowest BCUT2D eigenvalue weighted by Crippen LogP contribution is -2.42. The van der Waals surface area contributed by atoms with Crippen LogP contribution in [0.5, 0.6) is 5.75 Å². The van der Waals surface area contributed by atoms with Crippen molar-refractivity contribution in [3.63, 3.8) is 0 Å². The monoisotopic (exact) mass is 439 g/mol. The molecule has 2 aromatic carbocycles. The van der Waals surface area contributed by atoms with Gasteiger partial charge in [-0.05, 0) is 37.3 Å². The number of halogens is 1. The number of nitrogens with one attached hydrogen (secondary N) is 3. The molecule has 0 saturated heterocycles. The number of phenolic OH excluding ortho intramolecular Hbond substituents is 1. The first-order valence-corrected chi connectivity index (χ1v) is 10.1. The molecule has 0 aliphatic carbocycles. The van der Waals surface area contributed by atoms with Crippen molar-refractivity contribution in [2.24, 2.45) is 0 Å². The maximum absolute atomic E-state index is 12.2. The van der Waals surface area contributed by atoms with Gasteiger partial charge in [-0.3, -0.25) is 25.2 Å². The quantitative estimate of drug-likeness (QED) is 0.379. The number of amides is 2. The minimum absolute atomic E-state index is 0.0485. The summed E-state index contributed by atoms with van der Waals surface area (Å²) in [5, 5.41) is 9.86. The van der Waals surface area contributed by atoms with Crippen LogP contribution in [0.4, 0.5) is 0 Å². The van der Waals surface area contributed by atoms with Crippen LogP contribution in [-0.4, -0.2) is 37.7 Å². The van der Waals surface area contributed by atoms with Gasteiger partial charge in [0.2, 0.25) is 15.9 Å². The number of ketones is 1. The summed E-state index contributed by atoms with van der Waals surface area (Å²) < 4.78 is 26.6. The van der Waals surface area contributed by atoms with E-state index in [2.05, 4.69) is 15.6 Å². The molecule has 9 nitrogen and oxygen atoms in total. The fourth-order valence-electron chi connectivity index (χ4n) is 2.20. The number of phenols is 1. The largest absolute Gasteiger partial charge is 0.507 e. The molecule has 4 N–H and O–H groups in total. The Bertz CT molecular complexity index is 1040. The van der Waals surface area contributed by atoms with Crippen LogP contribution >= 0.6 is 11.6 Å². The SMILES string of the molecule is CC(=O)c1ccc(S(=O)(=O)NCCC(=O)NNC(=O)c2cc(Cl)ccc2O)cc1. The molecular formula is C18H18ClN3O6S. The highest BCUT2D eigenvalue weighted by Gasteiger charge is 2.16. The number of carbonyl (C=O) groups is 3. The molecule has 0 radical (unpaired) electrons. The number of carbonyl (C=O) groups excluding carboxylic acids is 3. The van der Waals surface area contributed by atoms with Crippen molar-refractivity contribution in [1.29, 1.82) is 0 Å². The average molecular weight is 440 g/mol. The summed E-state index contributed by atoms with van der Waals surface area (Å²) in [5.74, 6) is -1.95. The van der Waals surface area contributed by atoms with Gasteiger partial charge in [-0.1, -0.05) is 23.7 Å².